The molecule has 1 aromatic carbocycles. The van der Waals surface area contributed by atoms with Gasteiger partial charge in [0.2, 0.25) is 5.91 Å². The van der Waals surface area contributed by atoms with E-state index in [1.807, 2.05) is 0 Å². The number of benzene rings is 1. The Morgan fingerprint density at radius 2 is 2.40 bits per heavy atom. The number of nitro groups is 1. The first-order valence-electron chi connectivity index (χ1n) is 6.11. The van der Waals surface area contributed by atoms with Gasteiger partial charge in [0, 0.05) is 30.8 Å². The molecule has 1 aliphatic heterocycles. The smallest absolute Gasteiger partial charge is 0.289 e. The van der Waals surface area contributed by atoms with Crippen LogP contribution in [0, 0.1) is 10.1 Å². The van der Waals surface area contributed by atoms with Gasteiger partial charge in [-0.05, 0) is 12.1 Å². The van der Waals surface area contributed by atoms with Gasteiger partial charge in [-0.1, -0.05) is 11.6 Å². The van der Waals surface area contributed by atoms with Crippen molar-refractivity contribution in [1.29, 1.82) is 0 Å². The van der Waals surface area contributed by atoms with E-state index in [4.69, 9.17) is 16.3 Å². The SMILES string of the molecule is O=C(CC1COCCN1)Nc1ccc(Cl)c([N+](=O)[O-])c1. The van der Waals surface area contributed by atoms with E-state index in [0.717, 1.165) is 0 Å². The summed E-state index contributed by atoms with van der Waals surface area (Å²) in [4.78, 5) is 22.0. The van der Waals surface area contributed by atoms with E-state index in [1.54, 1.807) is 0 Å². The predicted octanol–water partition coefficient (Wildman–Crippen LogP) is 1.57. The summed E-state index contributed by atoms with van der Waals surface area (Å²) < 4.78 is 5.25. The molecule has 1 fully saturated rings. The van der Waals surface area contributed by atoms with Crippen molar-refractivity contribution >= 4 is 28.9 Å². The van der Waals surface area contributed by atoms with E-state index in [-0.39, 0.29) is 29.1 Å². The maximum Gasteiger partial charge on any atom is 0.289 e. The van der Waals surface area contributed by atoms with Crippen LogP contribution in [0.15, 0.2) is 18.2 Å². The zero-order valence-electron chi connectivity index (χ0n) is 10.6. The van der Waals surface area contributed by atoms with Crippen LogP contribution in [-0.4, -0.2) is 36.6 Å². The number of hydrogen-bond acceptors (Lipinski definition) is 5. The lowest BCUT2D eigenvalue weighted by atomic mass is 10.2. The highest BCUT2D eigenvalue weighted by molar-refractivity contribution is 6.32. The van der Waals surface area contributed by atoms with Crippen molar-refractivity contribution in [2.75, 3.05) is 25.1 Å². The Labute approximate surface area is 120 Å². The number of morpholine rings is 1. The number of nitro benzene ring substituents is 1. The first-order chi connectivity index (χ1) is 9.56. The lowest BCUT2D eigenvalue weighted by Crippen LogP contribution is -2.43. The molecule has 0 spiro atoms. The highest BCUT2D eigenvalue weighted by atomic mass is 35.5. The molecule has 1 heterocycles. The minimum Gasteiger partial charge on any atom is -0.378 e. The quantitative estimate of drug-likeness (QED) is 0.650. The van der Waals surface area contributed by atoms with E-state index >= 15 is 0 Å². The number of rotatable bonds is 4. The average molecular weight is 300 g/mol. The fraction of sp³-hybridized carbons (Fsp3) is 0.417. The van der Waals surface area contributed by atoms with Gasteiger partial charge < -0.3 is 15.4 Å². The molecule has 8 heteroatoms. The summed E-state index contributed by atoms with van der Waals surface area (Å²) in [5.41, 5.74) is 0.117. The minimum absolute atomic E-state index is 0.0361. The molecule has 0 aliphatic carbocycles. The van der Waals surface area contributed by atoms with Crippen LogP contribution in [0.4, 0.5) is 11.4 Å². The van der Waals surface area contributed by atoms with Gasteiger partial charge in [0.25, 0.3) is 5.69 Å². The van der Waals surface area contributed by atoms with Gasteiger partial charge in [0.15, 0.2) is 0 Å². The Morgan fingerprint density at radius 1 is 1.60 bits per heavy atom. The van der Waals surface area contributed by atoms with E-state index in [1.165, 1.54) is 18.2 Å². The number of hydrogen-bond donors (Lipinski definition) is 2. The van der Waals surface area contributed by atoms with Crippen molar-refractivity contribution in [1.82, 2.24) is 5.32 Å². The molecular formula is C12H14ClN3O4. The molecule has 0 aromatic heterocycles. The van der Waals surface area contributed by atoms with Gasteiger partial charge in [0.1, 0.15) is 5.02 Å². The summed E-state index contributed by atoms with van der Waals surface area (Å²) in [7, 11) is 0. The zero-order chi connectivity index (χ0) is 14.5. The molecule has 1 amide bonds. The van der Waals surface area contributed by atoms with Gasteiger partial charge in [0.05, 0.1) is 18.1 Å². The second-order valence-corrected chi connectivity index (χ2v) is 4.81. The van der Waals surface area contributed by atoms with Gasteiger partial charge in [-0.3, -0.25) is 14.9 Å². The fourth-order valence-corrected chi connectivity index (χ4v) is 2.10. The van der Waals surface area contributed by atoms with E-state index in [2.05, 4.69) is 10.6 Å². The molecule has 7 nitrogen and oxygen atoms in total. The minimum atomic E-state index is -0.589. The summed E-state index contributed by atoms with van der Waals surface area (Å²) >= 11 is 5.70. The maximum absolute atomic E-state index is 11.8. The van der Waals surface area contributed by atoms with Gasteiger partial charge in [-0.25, -0.2) is 0 Å². The molecule has 2 N–H and O–H groups in total. The van der Waals surface area contributed by atoms with Crippen LogP contribution in [0.3, 0.4) is 0 Å². The average Bonchev–Trinajstić information content (AvgIpc) is 2.41. The Kier molecular flexibility index (Phi) is 4.89. The Hall–Kier alpha value is -1.70. The largest absolute Gasteiger partial charge is 0.378 e. The second-order valence-electron chi connectivity index (χ2n) is 4.40. The van der Waals surface area contributed by atoms with Crippen molar-refractivity contribution in [3.63, 3.8) is 0 Å². The number of nitrogens with one attached hydrogen (secondary N) is 2. The third-order valence-corrected chi connectivity index (χ3v) is 3.18. The molecule has 1 saturated heterocycles. The summed E-state index contributed by atoms with van der Waals surface area (Å²) in [5, 5.41) is 16.6. The number of halogens is 1. The summed E-state index contributed by atoms with van der Waals surface area (Å²) in [5.74, 6) is -0.232. The van der Waals surface area contributed by atoms with Crippen LogP contribution in [-0.2, 0) is 9.53 Å². The third-order valence-electron chi connectivity index (χ3n) is 2.86. The zero-order valence-corrected chi connectivity index (χ0v) is 11.4. The third kappa shape index (κ3) is 3.89. The monoisotopic (exact) mass is 299 g/mol. The molecule has 0 bridgehead atoms. The van der Waals surface area contributed by atoms with Crippen LogP contribution < -0.4 is 10.6 Å². The molecule has 108 valence electrons. The summed E-state index contributed by atoms with van der Waals surface area (Å²) in [6, 6.07) is 4.12. The molecule has 1 atom stereocenters. The van der Waals surface area contributed by atoms with E-state index < -0.39 is 4.92 Å². The molecule has 1 unspecified atom stereocenters. The Morgan fingerprint density at radius 3 is 3.05 bits per heavy atom. The molecular weight excluding hydrogens is 286 g/mol. The highest BCUT2D eigenvalue weighted by Gasteiger charge is 2.18. The van der Waals surface area contributed by atoms with Crippen LogP contribution in [0.2, 0.25) is 5.02 Å². The first-order valence-corrected chi connectivity index (χ1v) is 6.49. The Balaban J connectivity index is 1.96. The van der Waals surface area contributed by atoms with Crippen LogP contribution in [0.1, 0.15) is 6.42 Å². The second kappa shape index (κ2) is 6.65. The topological polar surface area (TPSA) is 93.5 Å². The first kappa shape index (κ1) is 14.7. The van der Waals surface area contributed by atoms with Crippen molar-refractivity contribution in [3.05, 3.63) is 33.3 Å². The molecule has 0 saturated carbocycles. The highest BCUT2D eigenvalue weighted by Crippen LogP contribution is 2.27. The number of ether oxygens (including phenoxy) is 1. The molecule has 1 aliphatic rings. The van der Waals surface area contributed by atoms with Crippen molar-refractivity contribution in [3.8, 4) is 0 Å². The Bertz CT molecular complexity index is 517. The van der Waals surface area contributed by atoms with Gasteiger partial charge >= 0.3 is 0 Å². The summed E-state index contributed by atoms with van der Waals surface area (Å²) in [6.45, 7) is 1.83. The molecule has 0 radical (unpaired) electrons. The molecule has 1 aromatic rings. The predicted molar refractivity (Wildman–Crippen MR) is 74.0 cm³/mol. The number of carbonyl (C=O) groups excluding carboxylic acids is 1. The molecule has 20 heavy (non-hydrogen) atoms. The standard InChI is InChI=1S/C12H14ClN3O4/c13-10-2-1-8(5-11(10)16(18)19)15-12(17)6-9-7-20-4-3-14-9/h1-2,5,9,14H,3-4,6-7H2,(H,15,17). The number of anilines is 1. The van der Waals surface area contributed by atoms with Crippen LogP contribution >= 0.6 is 11.6 Å². The van der Waals surface area contributed by atoms with Crippen molar-refractivity contribution < 1.29 is 14.5 Å². The normalized spacial score (nSPS) is 18.6. The van der Waals surface area contributed by atoms with E-state index in [9.17, 15) is 14.9 Å². The van der Waals surface area contributed by atoms with Crippen LogP contribution in [0.25, 0.3) is 0 Å². The van der Waals surface area contributed by atoms with Gasteiger partial charge in [-0.2, -0.15) is 0 Å². The number of carbonyl (C=O) groups is 1. The van der Waals surface area contributed by atoms with E-state index in [0.29, 0.717) is 25.4 Å². The lowest BCUT2D eigenvalue weighted by Gasteiger charge is -2.23. The van der Waals surface area contributed by atoms with Gasteiger partial charge in [-0.15, -0.1) is 0 Å². The van der Waals surface area contributed by atoms with Crippen molar-refractivity contribution in [2.45, 2.75) is 12.5 Å². The summed E-state index contributed by atoms with van der Waals surface area (Å²) in [6.07, 6.45) is 0.246. The van der Waals surface area contributed by atoms with Crippen molar-refractivity contribution in [2.24, 2.45) is 0 Å². The maximum atomic E-state index is 11.8. The fourth-order valence-electron chi connectivity index (χ4n) is 1.92. The number of nitrogens with zero attached hydrogens (tertiary/aromatic N) is 1. The molecule has 2 rings (SSSR count). The number of amides is 1. The lowest BCUT2D eigenvalue weighted by molar-refractivity contribution is -0.384. The van der Waals surface area contributed by atoms with Crippen LogP contribution in [0.5, 0.6) is 0 Å².